The Bertz CT molecular complexity index is 777. The van der Waals surface area contributed by atoms with Crippen LogP contribution in [0.15, 0.2) is 91.0 Å². The molecule has 0 saturated heterocycles. The van der Waals surface area contributed by atoms with E-state index in [0.29, 0.717) is 17.7 Å². The standard InChI is InChI=1S/C22H21NO2/c1-23(17-18-11-5-2-6-12-18)21(24)22(25,19-13-7-3-8-14-19)20-15-9-4-10-16-20/h2-16,25H,17H2,1H3. The van der Waals surface area contributed by atoms with Gasteiger partial charge in [0.25, 0.3) is 5.91 Å². The zero-order valence-corrected chi connectivity index (χ0v) is 14.2. The molecule has 3 rings (SSSR count). The normalized spacial score (nSPS) is 11.1. The summed E-state index contributed by atoms with van der Waals surface area (Å²) in [6, 6.07) is 27.9. The first kappa shape index (κ1) is 16.9. The van der Waals surface area contributed by atoms with Gasteiger partial charge in [-0.1, -0.05) is 91.0 Å². The van der Waals surface area contributed by atoms with Gasteiger partial charge in [0.05, 0.1) is 0 Å². The Kier molecular flexibility index (Phi) is 4.96. The van der Waals surface area contributed by atoms with Crippen LogP contribution in [0.4, 0.5) is 0 Å². The molecule has 3 aromatic carbocycles. The van der Waals surface area contributed by atoms with E-state index in [2.05, 4.69) is 0 Å². The molecule has 0 aliphatic heterocycles. The fraction of sp³-hybridized carbons (Fsp3) is 0.136. The molecule has 126 valence electrons. The van der Waals surface area contributed by atoms with Crippen LogP contribution in [0.25, 0.3) is 0 Å². The number of hydrogen-bond donors (Lipinski definition) is 1. The zero-order valence-electron chi connectivity index (χ0n) is 14.2. The minimum absolute atomic E-state index is 0.353. The number of likely N-dealkylation sites (N-methyl/N-ethyl adjacent to an activating group) is 1. The third-order valence-corrected chi connectivity index (χ3v) is 4.30. The Morgan fingerprint density at radius 1 is 0.800 bits per heavy atom. The van der Waals surface area contributed by atoms with Crippen LogP contribution in [0.1, 0.15) is 16.7 Å². The predicted octanol–water partition coefficient (Wildman–Crippen LogP) is 3.58. The maximum Gasteiger partial charge on any atom is 0.264 e. The van der Waals surface area contributed by atoms with Gasteiger partial charge in [0, 0.05) is 13.6 Å². The minimum Gasteiger partial charge on any atom is -0.372 e. The molecule has 0 aliphatic rings. The number of rotatable bonds is 5. The second-order valence-electron chi connectivity index (χ2n) is 6.09. The SMILES string of the molecule is CN(Cc1ccccc1)C(=O)C(O)(c1ccccc1)c1ccccc1. The lowest BCUT2D eigenvalue weighted by molar-refractivity contribution is -0.147. The van der Waals surface area contributed by atoms with Crippen molar-refractivity contribution in [1.29, 1.82) is 0 Å². The number of aliphatic hydroxyl groups is 1. The summed E-state index contributed by atoms with van der Waals surface area (Å²) in [6.45, 7) is 0.432. The van der Waals surface area contributed by atoms with Crippen molar-refractivity contribution in [3.05, 3.63) is 108 Å². The van der Waals surface area contributed by atoms with Crippen LogP contribution in [-0.4, -0.2) is 23.0 Å². The van der Waals surface area contributed by atoms with E-state index < -0.39 is 5.60 Å². The fourth-order valence-electron chi connectivity index (χ4n) is 2.98. The topological polar surface area (TPSA) is 40.5 Å². The molecular formula is C22H21NO2. The lowest BCUT2D eigenvalue weighted by atomic mass is 9.85. The molecule has 1 N–H and O–H groups in total. The van der Waals surface area contributed by atoms with Gasteiger partial charge >= 0.3 is 0 Å². The summed E-state index contributed by atoms with van der Waals surface area (Å²) >= 11 is 0. The number of benzene rings is 3. The van der Waals surface area contributed by atoms with Crippen molar-refractivity contribution in [2.75, 3.05) is 7.05 Å². The highest BCUT2D eigenvalue weighted by Crippen LogP contribution is 2.31. The molecule has 0 aromatic heterocycles. The predicted molar refractivity (Wildman–Crippen MR) is 98.8 cm³/mol. The summed E-state index contributed by atoms with van der Waals surface area (Å²) < 4.78 is 0. The maximum atomic E-state index is 13.2. The van der Waals surface area contributed by atoms with Gasteiger partial charge in [-0.15, -0.1) is 0 Å². The summed E-state index contributed by atoms with van der Waals surface area (Å²) in [7, 11) is 1.71. The molecule has 0 unspecified atom stereocenters. The Morgan fingerprint density at radius 3 is 1.64 bits per heavy atom. The Morgan fingerprint density at radius 2 is 1.20 bits per heavy atom. The van der Waals surface area contributed by atoms with Crippen LogP contribution in [0.3, 0.4) is 0 Å². The van der Waals surface area contributed by atoms with Gasteiger partial charge in [-0.3, -0.25) is 4.79 Å². The number of hydrogen-bond acceptors (Lipinski definition) is 2. The van der Waals surface area contributed by atoms with Gasteiger partial charge in [-0.05, 0) is 16.7 Å². The Hall–Kier alpha value is -2.91. The molecule has 0 bridgehead atoms. The van der Waals surface area contributed by atoms with Crippen molar-refractivity contribution < 1.29 is 9.90 Å². The first-order valence-electron chi connectivity index (χ1n) is 8.25. The van der Waals surface area contributed by atoms with E-state index in [-0.39, 0.29) is 5.91 Å². The van der Waals surface area contributed by atoms with E-state index >= 15 is 0 Å². The highest BCUT2D eigenvalue weighted by atomic mass is 16.3. The highest BCUT2D eigenvalue weighted by molar-refractivity contribution is 5.90. The summed E-state index contributed by atoms with van der Waals surface area (Å²) in [5, 5.41) is 11.5. The van der Waals surface area contributed by atoms with Crippen molar-refractivity contribution in [2.45, 2.75) is 12.1 Å². The molecule has 3 nitrogen and oxygen atoms in total. The average Bonchev–Trinajstić information content (AvgIpc) is 2.69. The van der Waals surface area contributed by atoms with Crippen LogP contribution in [-0.2, 0) is 16.9 Å². The van der Waals surface area contributed by atoms with Gasteiger partial charge < -0.3 is 10.0 Å². The highest BCUT2D eigenvalue weighted by Gasteiger charge is 2.41. The van der Waals surface area contributed by atoms with Crippen molar-refractivity contribution in [2.24, 2.45) is 0 Å². The third kappa shape index (κ3) is 3.47. The first-order valence-corrected chi connectivity index (χ1v) is 8.25. The van der Waals surface area contributed by atoms with Gasteiger partial charge in [0.1, 0.15) is 0 Å². The molecule has 3 aromatic rings. The average molecular weight is 331 g/mol. The monoisotopic (exact) mass is 331 g/mol. The van der Waals surface area contributed by atoms with E-state index in [1.807, 2.05) is 66.7 Å². The second-order valence-corrected chi connectivity index (χ2v) is 6.09. The minimum atomic E-state index is -1.72. The van der Waals surface area contributed by atoms with E-state index in [1.54, 1.807) is 36.2 Å². The quantitative estimate of drug-likeness (QED) is 0.776. The molecule has 0 atom stereocenters. The van der Waals surface area contributed by atoms with Crippen molar-refractivity contribution in [1.82, 2.24) is 4.90 Å². The number of carbonyl (C=O) groups excluding carboxylic acids is 1. The summed E-state index contributed by atoms with van der Waals surface area (Å²) in [4.78, 5) is 14.8. The molecule has 1 amide bonds. The lowest BCUT2D eigenvalue weighted by Crippen LogP contribution is -2.45. The van der Waals surface area contributed by atoms with E-state index in [4.69, 9.17) is 0 Å². The Balaban J connectivity index is 1.98. The smallest absolute Gasteiger partial charge is 0.264 e. The van der Waals surface area contributed by atoms with Crippen LogP contribution in [0.5, 0.6) is 0 Å². The second kappa shape index (κ2) is 7.32. The first-order chi connectivity index (χ1) is 12.1. The Labute approximate surface area is 148 Å². The lowest BCUT2D eigenvalue weighted by Gasteiger charge is -2.32. The van der Waals surface area contributed by atoms with E-state index in [1.165, 1.54) is 0 Å². The third-order valence-electron chi connectivity index (χ3n) is 4.30. The van der Waals surface area contributed by atoms with Gasteiger partial charge in [0.15, 0.2) is 5.60 Å². The number of nitrogens with zero attached hydrogens (tertiary/aromatic N) is 1. The largest absolute Gasteiger partial charge is 0.372 e. The van der Waals surface area contributed by atoms with Crippen molar-refractivity contribution in [3.8, 4) is 0 Å². The molecule has 0 aliphatic carbocycles. The molecule has 0 radical (unpaired) electrons. The van der Waals surface area contributed by atoms with Crippen molar-refractivity contribution in [3.63, 3.8) is 0 Å². The van der Waals surface area contributed by atoms with Crippen LogP contribution < -0.4 is 0 Å². The van der Waals surface area contributed by atoms with Crippen LogP contribution in [0.2, 0.25) is 0 Å². The van der Waals surface area contributed by atoms with Gasteiger partial charge in [0.2, 0.25) is 0 Å². The molecule has 0 spiro atoms. The molecule has 0 saturated carbocycles. The molecule has 0 fully saturated rings. The summed E-state index contributed by atoms with van der Waals surface area (Å²) in [6.07, 6.45) is 0. The molecule has 0 heterocycles. The van der Waals surface area contributed by atoms with Gasteiger partial charge in [-0.2, -0.15) is 0 Å². The van der Waals surface area contributed by atoms with Crippen LogP contribution >= 0.6 is 0 Å². The maximum absolute atomic E-state index is 13.2. The van der Waals surface area contributed by atoms with Crippen molar-refractivity contribution >= 4 is 5.91 Å². The van der Waals surface area contributed by atoms with Crippen LogP contribution in [0, 0.1) is 0 Å². The zero-order chi connectivity index (χ0) is 17.7. The fourth-order valence-corrected chi connectivity index (χ4v) is 2.98. The molecule has 3 heteroatoms. The molecular weight excluding hydrogens is 310 g/mol. The number of carbonyl (C=O) groups is 1. The van der Waals surface area contributed by atoms with Gasteiger partial charge in [-0.25, -0.2) is 0 Å². The summed E-state index contributed by atoms with van der Waals surface area (Å²) in [5.74, 6) is -0.353. The summed E-state index contributed by atoms with van der Waals surface area (Å²) in [5.41, 5.74) is 0.422. The van der Waals surface area contributed by atoms with E-state index in [0.717, 1.165) is 5.56 Å². The van der Waals surface area contributed by atoms with E-state index in [9.17, 15) is 9.90 Å². The molecule has 25 heavy (non-hydrogen) atoms. The number of amides is 1.